The van der Waals surface area contributed by atoms with Crippen molar-refractivity contribution in [1.29, 1.82) is 0 Å². The number of rotatable bonds is 3. The molecule has 4 nitrogen and oxygen atoms in total. The number of aromatic nitrogens is 3. The molecular formula is C7H7ClN4S2. The third-order valence-corrected chi connectivity index (χ3v) is 3.29. The Balaban J connectivity index is 2.10. The van der Waals surface area contributed by atoms with Crippen molar-refractivity contribution in [2.45, 2.75) is 6.54 Å². The maximum Gasteiger partial charge on any atom is 0.187 e. The van der Waals surface area contributed by atoms with Crippen LogP contribution in [0.3, 0.4) is 0 Å². The van der Waals surface area contributed by atoms with Gasteiger partial charge in [0.2, 0.25) is 0 Å². The Morgan fingerprint density at radius 3 is 2.93 bits per heavy atom. The van der Waals surface area contributed by atoms with Crippen LogP contribution in [0.5, 0.6) is 0 Å². The zero-order valence-corrected chi connectivity index (χ0v) is 9.73. The molecule has 0 unspecified atom stereocenters. The summed E-state index contributed by atoms with van der Waals surface area (Å²) in [5, 5.41) is 3.44. The van der Waals surface area contributed by atoms with E-state index in [9.17, 15) is 0 Å². The predicted molar refractivity (Wildman–Crippen MR) is 59.1 cm³/mol. The van der Waals surface area contributed by atoms with Gasteiger partial charge in [0.05, 0.1) is 18.3 Å². The molecule has 2 aromatic heterocycles. The minimum absolute atomic E-state index is 0.453. The van der Waals surface area contributed by atoms with Crippen LogP contribution in [0.1, 0.15) is 5.01 Å². The summed E-state index contributed by atoms with van der Waals surface area (Å²) in [6, 6.07) is 0. The van der Waals surface area contributed by atoms with E-state index in [2.05, 4.69) is 13.7 Å². The molecule has 0 amide bonds. The van der Waals surface area contributed by atoms with Crippen LogP contribution in [0.4, 0.5) is 5.82 Å². The molecule has 2 aromatic rings. The fourth-order valence-electron chi connectivity index (χ4n) is 1.01. The first-order chi connectivity index (χ1) is 6.77. The lowest BCUT2D eigenvalue weighted by molar-refractivity contribution is 0.897. The van der Waals surface area contributed by atoms with E-state index in [0.717, 1.165) is 16.7 Å². The Bertz CT molecular complexity index is 399. The van der Waals surface area contributed by atoms with Gasteiger partial charge in [-0.05, 0) is 0 Å². The molecule has 0 saturated heterocycles. The van der Waals surface area contributed by atoms with E-state index in [1.807, 2.05) is 17.3 Å². The zero-order valence-electron chi connectivity index (χ0n) is 7.35. The summed E-state index contributed by atoms with van der Waals surface area (Å²) in [6.45, 7) is 0.711. The minimum Gasteiger partial charge on any atom is -0.349 e. The van der Waals surface area contributed by atoms with Crippen molar-refractivity contribution in [2.75, 3.05) is 11.9 Å². The Hall–Kier alpha value is -0.720. The molecule has 74 valence electrons. The van der Waals surface area contributed by atoms with Crippen molar-refractivity contribution < 1.29 is 0 Å². The number of nitrogens with zero attached hydrogens (tertiary/aromatic N) is 4. The average molecular weight is 247 g/mol. The molecular weight excluding hydrogens is 240 g/mol. The predicted octanol–water partition coefficient (Wildman–Crippen LogP) is 2.28. The minimum atomic E-state index is 0.453. The second-order valence-electron chi connectivity index (χ2n) is 2.66. The van der Waals surface area contributed by atoms with Crippen LogP contribution < -0.4 is 4.90 Å². The van der Waals surface area contributed by atoms with Crippen LogP contribution in [0.25, 0.3) is 0 Å². The van der Waals surface area contributed by atoms with Crippen molar-refractivity contribution in [1.82, 2.24) is 13.7 Å². The maximum absolute atomic E-state index is 5.85. The molecule has 0 spiro atoms. The van der Waals surface area contributed by atoms with Crippen molar-refractivity contribution in [3.8, 4) is 0 Å². The fraction of sp³-hybridized carbons (Fsp3) is 0.286. The lowest BCUT2D eigenvalue weighted by atomic mass is 10.5. The molecule has 0 aliphatic heterocycles. The molecule has 0 fully saturated rings. The van der Waals surface area contributed by atoms with Gasteiger partial charge >= 0.3 is 0 Å². The summed E-state index contributed by atoms with van der Waals surface area (Å²) in [7, 11) is 1.92. The van der Waals surface area contributed by atoms with E-state index in [1.165, 1.54) is 0 Å². The maximum atomic E-state index is 5.85. The topological polar surface area (TPSA) is 41.9 Å². The molecule has 0 aliphatic rings. The van der Waals surface area contributed by atoms with Gasteiger partial charge in [-0.1, -0.05) is 11.6 Å². The molecule has 0 radical (unpaired) electrons. The van der Waals surface area contributed by atoms with Crippen molar-refractivity contribution >= 4 is 40.5 Å². The second-order valence-corrected chi connectivity index (χ2v) is 4.53. The van der Waals surface area contributed by atoms with Crippen molar-refractivity contribution in [3.05, 3.63) is 21.7 Å². The summed E-state index contributed by atoms with van der Waals surface area (Å²) >= 11 is 8.58. The normalized spacial score (nSPS) is 10.4. The zero-order chi connectivity index (χ0) is 9.97. The summed E-state index contributed by atoms with van der Waals surface area (Å²) < 4.78 is 8.00. The van der Waals surface area contributed by atoms with Crippen LogP contribution in [-0.4, -0.2) is 20.8 Å². The highest BCUT2D eigenvalue weighted by Gasteiger charge is 2.11. The summed E-state index contributed by atoms with van der Waals surface area (Å²) in [5.74, 6) is 0.715. The molecule has 2 heterocycles. The van der Waals surface area contributed by atoms with E-state index in [0.29, 0.717) is 17.5 Å². The van der Waals surface area contributed by atoms with Gasteiger partial charge in [-0.15, -0.1) is 11.3 Å². The van der Waals surface area contributed by atoms with Crippen LogP contribution in [0, 0.1) is 0 Å². The molecule has 14 heavy (non-hydrogen) atoms. The van der Waals surface area contributed by atoms with E-state index in [-0.39, 0.29) is 0 Å². The molecule has 0 N–H and O–H groups in total. The van der Waals surface area contributed by atoms with Crippen LogP contribution in [0.15, 0.2) is 11.6 Å². The molecule has 0 saturated carbocycles. The standard InChI is InChI=1S/C7H7ClN4S2/c1-12(4-5-9-2-3-13-5)7-6(8)10-14-11-7/h2-3H,4H2,1H3. The van der Waals surface area contributed by atoms with E-state index in [1.54, 1.807) is 17.5 Å². The van der Waals surface area contributed by atoms with Crippen molar-refractivity contribution in [3.63, 3.8) is 0 Å². The van der Waals surface area contributed by atoms with Gasteiger partial charge in [0.25, 0.3) is 0 Å². The number of halogens is 1. The highest BCUT2D eigenvalue weighted by molar-refractivity contribution is 7.09. The van der Waals surface area contributed by atoms with Gasteiger partial charge < -0.3 is 4.90 Å². The fourth-order valence-corrected chi connectivity index (χ4v) is 2.50. The van der Waals surface area contributed by atoms with Gasteiger partial charge in [0.1, 0.15) is 5.01 Å². The monoisotopic (exact) mass is 246 g/mol. The Morgan fingerprint density at radius 2 is 2.36 bits per heavy atom. The first kappa shape index (κ1) is 9.82. The number of hydrogen-bond acceptors (Lipinski definition) is 6. The molecule has 0 atom stereocenters. The lowest BCUT2D eigenvalue weighted by Crippen LogP contribution is -2.16. The van der Waals surface area contributed by atoms with Crippen LogP contribution in [0.2, 0.25) is 5.15 Å². The quantitative estimate of drug-likeness (QED) is 0.833. The third-order valence-electron chi connectivity index (χ3n) is 1.65. The average Bonchev–Trinajstić information content (AvgIpc) is 2.75. The van der Waals surface area contributed by atoms with Gasteiger partial charge in [-0.2, -0.15) is 8.75 Å². The van der Waals surface area contributed by atoms with E-state index >= 15 is 0 Å². The number of hydrogen-bond donors (Lipinski definition) is 0. The first-order valence-electron chi connectivity index (χ1n) is 3.85. The summed E-state index contributed by atoms with van der Waals surface area (Å²) in [5.41, 5.74) is 0. The van der Waals surface area contributed by atoms with Gasteiger partial charge in [0, 0.05) is 18.6 Å². The van der Waals surface area contributed by atoms with Gasteiger partial charge in [-0.25, -0.2) is 4.98 Å². The van der Waals surface area contributed by atoms with E-state index < -0.39 is 0 Å². The highest BCUT2D eigenvalue weighted by Crippen LogP contribution is 2.23. The molecule has 0 bridgehead atoms. The third kappa shape index (κ3) is 2.02. The van der Waals surface area contributed by atoms with Crippen molar-refractivity contribution in [2.24, 2.45) is 0 Å². The molecule has 7 heteroatoms. The van der Waals surface area contributed by atoms with Crippen LogP contribution >= 0.6 is 34.7 Å². The first-order valence-corrected chi connectivity index (χ1v) is 5.83. The molecule has 2 rings (SSSR count). The largest absolute Gasteiger partial charge is 0.349 e. The molecule has 0 aliphatic carbocycles. The molecule has 0 aromatic carbocycles. The number of anilines is 1. The van der Waals surface area contributed by atoms with E-state index in [4.69, 9.17) is 11.6 Å². The highest BCUT2D eigenvalue weighted by atomic mass is 35.5. The van der Waals surface area contributed by atoms with Crippen LogP contribution in [-0.2, 0) is 6.54 Å². The Kier molecular flexibility index (Phi) is 2.95. The summed E-state index contributed by atoms with van der Waals surface area (Å²) in [6.07, 6.45) is 1.79. The summed E-state index contributed by atoms with van der Waals surface area (Å²) in [4.78, 5) is 6.12. The van der Waals surface area contributed by atoms with Gasteiger partial charge in [0.15, 0.2) is 11.0 Å². The second kappa shape index (κ2) is 4.20. The van der Waals surface area contributed by atoms with Gasteiger partial charge in [-0.3, -0.25) is 0 Å². The lowest BCUT2D eigenvalue weighted by Gasteiger charge is -2.13. The Labute approximate surface area is 94.5 Å². The Morgan fingerprint density at radius 1 is 1.50 bits per heavy atom. The smallest absolute Gasteiger partial charge is 0.187 e. The SMILES string of the molecule is CN(Cc1nccs1)c1nsnc1Cl. The number of thiazole rings is 1.